The average Bonchev–Trinajstić information content (AvgIpc) is 2.15. The summed E-state index contributed by atoms with van der Waals surface area (Å²) in [6.07, 6.45) is 0.256. The Labute approximate surface area is 89.3 Å². The van der Waals surface area contributed by atoms with Crippen LogP contribution in [0.3, 0.4) is 0 Å². The number of amides is 1. The molecule has 15 heavy (non-hydrogen) atoms. The van der Waals surface area contributed by atoms with Crippen LogP contribution >= 0.6 is 0 Å². The van der Waals surface area contributed by atoms with Gasteiger partial charge in [-0.15, -0.1) is 0 Å². The van der Waals surface area contributed by atoms with Crippen molar-refractivity contribution in [3.8, 4) is 0 Å². The number of carbonyl (C=O) groups excluding carboxylic acids is 2. The van der Waals surface area contributed by atoms with E-state index < -0.39 is 17.7 Å². The van der Waals surface area contributed by atoms with Crippen molar-refractivity contribution in [1.82, 2.24) is 4.90 Å². The van der Waals surface area contributed by atoms with Crippen molar-refractivity contribution >= 4 is 12.4 Å². The van der Waals surface area contributed by atoms with E-state index in [1.807, 2.05) is 0 Å². The first-order chi connectivity index (χ1) is 6.94. The monoisotopic (exact) mass is 215 g/mol. The van der Waals surface area contributed by atoms with E-state index in [2.05, 4.69) is 0 Å². The molecule has 0 saturated carbocycles. The molecule has 1 amide bonds. The fraction of sp³-hybridized carbons (Fsp3) is 0.800. The minimum Gasteiger partial charge on any atom is -0.444 e. The van der Waals surface area contributed by atoms with Crippen LogP contribution in [-0.4, -0.2) is 48.7 Å². The lowest BCUT2D eigenvalue weighted by Gasteiger charge is -2.33. The molecule has 1 saturated heterocycles. The summed E-state index contributed by atoms with van der Waals surface area (Å²) < 4.78 is 10.3. The molecule has 0 aromatic heterocycles. The topological polar surface area (TPSA) is 55.8 Å². The standard InChI is InChI=1S/C10H17NO4/c1-10(2,3)15-9(13)11-4-5-14-7-8(11)6-12/h6,8H,4-5,7H2,1-3H3/t8-/m0/s1. The predicted octanol–water partition coefficient (Wildman–Crippen LogP) is 0.821. The Kier molecular flexibility index (Phi) is 3.68. The van der Waals surface area contributed by atoms with Crippen LogP contribution in [0, 0.1) is 0 Å². The molecule has 1 fully saturated rings. The molecule has 0 unspecified atom stereocenters. The molecule has 0 N–H and O–H groups in total. The zero-order valence-corrected chi connectivity index (χ0v) is 9.36. The van der Waals surface area contributed by atoms with Gasteiger partial charge < -0.3 is 14.3 Å². The van der Waals surface area contributed by atoms with Crippen LogP contribution in [0.1, 0.15) is 20.8 Å². The highest BCUT2D eigenvalue weighted by Gasteiger charge is 2.30. The quantitative estimate of drug-likeness (QED) is 0.608. The van der Waals surface area contributed by atoms with E-state index in [-0.39, 0.29) is 6.61 Å². The fourth-order valence-corrected chi connectivity index (χ4v) is 1.28. The molecule has 1 aliphatic rings. The Morgan fingerprint density at radius 1 is 1.53 bits per heavy atom. The van der Waals surface area contributed by atoms with Gasteiger partial charge >= 0.3 is 6.09 Å². The molecular formula is C10H17NO4. The van der Waals surface area contributed by atoms with Crippen molar-refractivity contribution in [3.63, 3.8) is 0 Å². The summed E-state index contributed by atoms with van der Waals surface area (Å²) in [4.78, 5) is 23.8. The number of carbonyl (C=O) groups is 2. The Bertz CT molecular complexity index is 246. The lowest BCUT2D eigenvalue weighted by molar-refractivity contribution is -0.118. The van der Waals surface area contributed by atoms with E-state index in [0.29, 0.717) is 19.4 Å². The van der Waals surface area contributed by atoms with Crippen LogP contribution < -0.4 is 0 Å². The van der Waals surface area contributed by atoms with Crippen molar-refractivity contribution in [2.45, 2.75) is 32.4 Å². The molecule has 1 heterocycles. The Morgan fingerprint density at radius 2 is 2.20 bits per heavy atom. The first kappa shape index (κ1) is 12.0. The van der Waals surface area contributed by atoms with Crippen LogP contribution in [0.25, 0.3) is 0 Å². The number of rotatable bonds is 1. The van der Waals surface area contributed by atoms with E-state index in [0.717, 1.165) is 0 Å². The first-order valence-electron chi connectivity index (χ1n) is 4.97. The lowest BCUT2D eigenvalue weighted by atomic mass is 10.2. The largest absolute Gasteiger partial charge is 0.444 e. The minimum atomic E-state index is -0.539. The van der Waals surface area contributed by atoms with Gasteiger partial charge in [-0.2, -0.15) is 0 Å². The second kappa shape index (κ2) is 4.61. The van der Waals surface area contributed by atoms with Crippen molar-refractivity contribution in [3.05, 3.63) is 0 Å². The third-order valence-electron chi connectivity index (χ3n) is 1.95. The highest BCUT2D eigenvalue weighted by Crippen LogP contribution is 2.13. The fourth-order valence-electron chi connectivity index (χ4n) is 1.28. The van der Waals surface area contributed by atoms with Crippen LogP contribution in [0.4, 0.5) is 4.79 Å². The lowest BCUT2D eigenvalue weighted by Crippen LogP contribution is -2.51. The summed E-state index contributed by atoms with van der Waals surface area (Å²) in [7, 11) is 0. The van der Waals surface area contributed by atoms with Gasteiger partial charge in [0, 0.05) is 6.54 Å². The molecule has 0 spiro atoms. The third kappa shape index (κ3) is 3.51. The highest BCUT2D eigenvalue weighted by molar-refractivity contribution is 5.74. The van der Waals surface area contributed by atoms with Gasteiger partial charge in [0.1, 0.15) is 17.9 Å². The van der Waals surface area contributed by atoms with E-state index in [9.17, 15) is 9.59 Å². The van der Waals surface area contributed by atoms with Crippen molar-refractivity contribution < 1.29 is 19.1 Å². The normalized spacial score (nSPS) is 22.3. The summed E-state index contributed by atoms with van der Waals surface area (Å²) in [5.41, 5.74) is -0.539. The van der Waals surface area contributed by atoms with E-state index >= 15 is 0 Å². The molecule has 5 heteroatoms. The van der Waals surface area contributed by atoms with E-state index in [1.165, 1.54) is 4.90 Å². The molecular weight excluding hydrogens is 198 g/mol. The first-order valence-corrected chi connectivity index (χ1v) is 4.97. The van der Waals surface area contributed by atoms with Gasteiger partial charge in [0.15, 0.2) is 0 Å². The number of ether oxygens (including phenoxy) is 2. The summed E-state index contributed by atoms with van der Waals surface area (Å²) in [5, 5.41) is 0. The molecule has 0 radical (unpaired) electrons. The Morgan fingerprint density at radius 3 is 2.73 bits per heavy atom. The number of aldehydes is 1. The van der Waals surface area contributed by atoms with Gasteiger partial charge in [0.05, 0.1) is 13.2 Å². The smallest absolute Gasteiger partial charge is 0.411 e. The highest BCUT2D eigenvalue weighted by atomic mass is 16.6. The van der Waals surface area contributed by atoms with Gasteiger partial charge in [-0.05, 0) is 20.8 Å². The number of nitrogens with zero attached hydrogens (tertiary/aromatic N) is 1. The average molecular weight is 215 g/mol. The van der Waals surface area contributed by atoms with Gasteiger partial charge in [-0.25, -0.2) is 4.79 Å². The molecule has 0 aromatic rings. The van der Waals surface area contributed by atoms with Crippen LogP contribution in [0.15, 0.2) is 0 Å². The third-order valence-corrected chi connectivity index (χ3v) is 1.95. The van der Waals surface area contributed by atoms with E-state index in [4.69, 9.17) is 9.47 Å². The second-order valence-electron chi connectivity index (χ2n) is 4.45. The summed E-state index contributed by atoms with van der Waals surface area (Å²) in [6, 6.07) is -0.520. The Hall–Kier alpha value is -1.10. The van der Waals surface area contributed by atoms with Crippen molar-refractivity contribution in [2.24, 2.45) is 0 Å². The maximum Gasteiger partial charge on any atom is 0.411 e. The SMILES string of the molecule is CC(C)(C)OC(=O)N1CCOC[C@@H]1C=O. The van der Waals surface area contributed by atoms with Crippen LogP contribution in [0.5, 0.6) is 0 Å². The molecule has 1 rings (SSSR count). The zero-order chi connectivity index (χ0) is 11.5. The maximum atomic E-state index is 11.7. The van der Waals surface area contributed by atoms with Gasteiger partial charge in [0.2, 0.25) is 0 Å². The molecule has 86 valence electrons. The van der Waals surface area contributed by atoms with Crippen LogP contribution in [0.2, 0.25) is 0 Å². The summed E-state index contributed by atoms with van der Waals surface area (Å²) in [5.74, 6) is 0. The van der Waals surface area contributed by atoms with Crippen molar-refractivity contribution in [1.29, 1.82) is 0 Å². The van der Waals surface area contributed by atoms with Crippen molar-refractivity contribution in [2.75, 3.05) is 19.8 Å². The minimum absolute atomic E-state index is 0.253. The summed E-state index contributed by atoms with van der Waals surface area (Å²) >= 11 is 0. The molecule has 5 nitrogen and oxygen atoms in total. The molecule has 1 aliphatic heterocycles. The second-order valence-corrected chi connectivity index (χ2v) is 4.45. The molecule has 0 aromatic carbocycles. The summed E-state index contributed by atoms with van der Waals surface area (Å²) in [6.45, 7) is 6.48. The molecule has 0 bridgehead atoms. The maximum absolute atomic E-state index is 11.7. The number of hydrogen-bond donors (Lipinski definition) is 0. The van der Waals surface area contributed by atoms with Gasteiger partial charge in [-0.3, -0.25) is 4.90 Å². The Balaban J connectivity index is 2.60. The van der Waals surface area contributed by atoms with Gasteiger partial charge in [-0.1, -0.05) is 0 Å². The molecule has 0 aliphatic carbocycles. The van der Waals surface area contributed by atoms with Crippen LogP contribution in [-0.2, 0) is 14.3 Å². The number of hydrogen-bond acceptors (Lipinski definition) is 4. The number of morpholine rings is 1. The molecule has 1 atom stereocenters. The van der Waals surface area contributed by atoms with Gasteiger partial charge in [0.25, 0.3) is 0 Å². The zero-order valence-electron chi connectivity index (χ0n) is 9.36. The predicted molar refractivity (Wildman–Crippen MR) is 53.6 cm³/mol. The van der Waals surface area contributed by atoms with E-state index in [1.54, 1.807) is 20.8 Å².